The number of aromatic nitrogens is 2. The molecular formula is C25H22F2GeN2Se. The summed E-state index contributed by atoms with van der Waals surface area (Å²) in [5.74, 6) is 7.25. The van der Waals surface area contributed by atoms with Crippen LogP contribution in [0.1, 0.15) is 5.56 Å². The van der Waals surface area contributed by atoms with Crippen LogP contribution in [0, 0.1) is 0 Å². The van der Waals surface area contributed by atoms with Gasteiger partial charge in [-0.1, -0.05) is 0 Å². The van der Waals surface area contributed by atoms with Gasteiger partial charge in [0.1, 0.15) is 0 Å². The zero-order valence-electron chi connectivity index (χ0n) is 17.6. The molecule has 0 amide bonds. The van der Waals surface area contributed by atoms with Gasteiger partial charge >= 0.3 is 189 Å². The number of nitrogens with zero attached hydrogens (tertiary/aromatic N) is 2. The summed E-state index contributed by atoms with van der Waals surface area (Å²) in [6.07, 6.45) is -0.895. The normalized spacial score (nSPS) is 12.5. The fourth-order valence-corrected chi connectivity index (χ4v) is 10.2. The van der Waals surface area contributed by atoms with Crippen LogP contribution in [0.25, 0.3) is 41.5 Å². The molecule has 0 unspecified atom stereocenters. The average Bonchev–Trinajstić information content (AvgIpc) is 3.09. The van der Waals surface area contributed by atoms with Crippen molar-refractivity contribution in [1.29, 1.82) is 0 Å². The summed E-state index contributed by atoms with van der Waals surface area (Å²) in [6.45, 7) is 0. The van der Waals surface area contributed by atoms with Gasteiger partial charge in [0.25, 0.3) is 0 Å². The molecule has 0 aliphatic rings. The van der Waals surface area contributed by atoms with Gasteiger partial charge in [-0.15, -0.1) is 0 Å². The average molecular weight is 540 g/mol. The standard InChI is InChI=1S/C25H22F2GeN2Se/c1-28(2,3)20-13-17(12-16-6-4-5-7-18(16)20)23-25-24(30-14-29-23)19-9-8-15(11-22(26)27)10-21(19)31-25/h4-10,12-14,22H,11H2,1-3H3. The molecule has 2 nitrogen and oxygen atoms in total. The number of alkyl halides is 2. The Balaban J connectivity index is 1.76. The van der Waals surface area contributed by atoms with E-state index in [0.717, 1.165) is 30.7 Å². The molecule has 2 heterocycles. The molecule has 0 bridgehead atoms. The predicted molar refractivity (Wildman–Crippen MR) is 130 cm³/mol. The molecule has 0 N–H and O–H groups in total. The molecule has 3 aromatic carbocycles. The van der Waals surface area contributed by atoms with Crippen LogP contribution >= 0.6 is 0 Å². The molecule has 0 radical (unpaired) electrons. The minimum absolute atomic E-state index is 0.00559. The molecule has 31 heavy (non-hydrogen) atoms. The topological polar surface area (TPSA) is 25.8 Å². The molecule has 2 aromatic heterocycles. The van der Waals surface area contributed by atoms with Crippen molar-refractivity contribution in [1.82, 2.24) is 9.97 Å². The Morgan fingerprint density at radius 1 is 0.935 bits per heavy atom. The predicted octanol–water partition coefficient (Wildman–Crippen LogP) is 6.01. The van der Waals surface area contributed by atoms with E-state index in [-0.39, 0.29) is 20.9 Å². The van der Waals surface area contributed by atoms with Crippen LogP contribution in [0.4, 0.5) is 8.78 Å². The summed E-state index contributed by atoms with van der Waals surface area (Å²) in [4.78, 5) is 9.29. The Labute approximate surface area is 188 Å². The van der Waals surface area contributed by atoms with Crippen molar-refractivity contribution in [2.45, 2.75) is 30.1 Å². The molecule has 0 aliphatic carbocycles. The van der Waals surface area contributed by atoms with Crippen LogP contribution in [-0.2, 0) is 6.42 Å². The van der Waals surface area contributed by atoms with Crippen molar-refractivity contribution < 1.29 is 8.78 Å². The van der Waals surface area contributed by atoms with E-state index in [0.29, 0.717) is 5.56 Å². The Morgan fingerprint density at radius 2 is 1.74 bits per heavy atom. The van der Waals surface area contributed by atoms with Gasteiger partial charge in [0.2, 0.25) is 0 Å². The van der Waals surface area contributed by atoms with Gasteiger partial charge in [0.05, 0.1) is 0 Å². The molecule has 0 fully saturated rings. The SMILES string of the molecule is [CH3][Ge]([CH3])([CH3])[c]1cc(-c2ncnc3c2[se]c2cc(CC(F)F)ccc23)cc2ccccc12. The molecule has 5 aromatic rings. The Morgan fingerprint density at radius 3 is 2.52 bits per heavy atom. The van der Waals surface area contributed by atoms with E-state index in [4.69, 9.17) is 4.98 Å². The maximum atomic E-state index is 12.9. The first kappa shape index (κ1) is 20.8. The van der Waals surface area contributed by atoms with Gasteiger partial charge < -0.3 is 0 Å². The Bertz CT molecular complexity index is 1440. The Kier molecular flexibility index (Phi) is 5.24. The van der Waals surface area contributed by atoms with Gasteiger partial charge in [-0.3, -0.25) is 0 Å². The summed E-state index contributed by atoms with van der Waals surface area (Å²) in [7, 11) is 0. The van der Waals surface area contributed by atoms with E-state index >= 15 is 0 Å². The van der Waals surface area contributed by atoms with E-state index in [2.05, 4.69) is 58.7 Å². The monoisotopic (exact) mass is 542 g/mol. The molecule has 6 heteroatoms. The molecule has 156 valence electrons. The quantitative estimate of drug-likeness (QED) is 0.261. The molecule has 0 saturated carbocycles. The first-order valence-corrected chi connectivity index (χ1v) is 19.3. The minimum atomic E-state index is -2.33. The third-order valence-electron chi connectivity index (χ3n) is 5.65. The summed E-state index contributed by atoms with van der Waals surface area (Å²) in [5, 5.41) is 3.64. The van der Waals surface area contributed by atoms with Crippen LogP contribution in [0.3, 0.4) is 0 Å². The second kappa shape index (κ2) is 7.80. The first-order valence-electron chi connectivity index (χ1n) is 10.3. The number of fused-ring (bicyclic) bond motifs is 4. The van der Waals surface area contributed by atoms with E-state index in [1.165, 1.54) is 15.2 Å². The van der Waals surface area contributed by atoms with Gasteiger partial charge in [-0.25, -0.2) is 0 Å². The van der Waals surface area contributed by atoms with Crippen molar-refractivity contribution in [3.8, 4) is 11.3 Å². The number of hydrogen-bond donors (Lipinski definition) is 0. The number of halogens is 2. The number of rotatable bonds is 4. The molecule has 0 saturated heterocycles. The summed E-state index contributed by atoms with van der Waals surface area (Å²) < 4.78 is 29.5. The third-order valence-corrected chi connectivity index (χ3v) is 12.3. The summed E-state index contributed by atoms with van der Waals surface area (Å²) >= 11 is -2.14. The van der Waals surface area contributed by atoms with Gasteiger partial charge in [-0.05, 0) is 0 Å². The zero-order chi connectivity index (χ0) is 21.8. The van der Waals surface area contributed by atoms with E-state index in [1.807, 2.05) is 12.1 Å². The molecule has 0 atom stereocenters. The van der Waals surface area contributed by atoms with Crippen LogP contribution in [0.5, 0.6) is 0 Å². The Hall–Kier alpha value is -2.08. The number of benzene rings is 3. The molecular weight excluding hydrogens is 518 g/mol. The van der Waals surface area contributed by atoms with Crippen molar-refractivity contribution >= 4 is 62.4 Å². The van der Waals surface area contributed by atoms with Crippen LogP contribution in [0.2, 0.25) is 17.3 Å². The van der Waals surface area contributed by atoms with Crippen LogP contribution in [-0.4, -0.2) is 44.2 Å². The van der Waals surface area contributed by atoms with E-state index in [1.54, 1.807) is 12.4 Å². The van der Waals surface area contributed by atoms with E-state index < -0.39 is 19.7 Å². The summed E-state index contributed by atoms with van der Waals surface area (Å²) in [6, 6.07) is 18.9. The van der Waals surface area contributed by atoms with Crippen molar-refractivity contribution in [2.24, 2.45) is 0 Å². The summed E-state index contributed by atoms with van der Waals surface area (Å²) in [5.41, 5.74) is 3.76. The van der Waals surface area contributed by atoms with Gasteiger partial charge in [0.15, 0.2) is 0 Å². The van der Waals surface area contributed by atoms with Crippen LogP contribution < -0.4 is 4.40 Å². The van der Waals surface area contributed by atoms with Crippen molar-refractivity contribution in [2.75, 3.05) is 0 Å². The van der Waals surface area contributed by atoms with Crippen molar-refractivity contribution in [3.05, 3.63) is 66.5 Å². The van der Waals surface area contributed by atoms with E-state index in [9.17, 15) is 8.78 Å². The van der Waals surface area contributed by atoms with Gasteiger partial charge in [0, 0.05) is 0 Å². The molecule has 0 spiro atoms. The second-order valence-corrected chi connectivity index (χ2v) is 21.7. The molecule has 0 aliphatic heterocycles. The zero-order valence-corrected chi connectivity index (χ0v) is 21.4. The van der Waals surface area contributed by atoms with Crippen LogP contribution in [0.15, 0.2) is 60.9 Å². The van der Waals surface area contributed by atoms with Crippen molar-refractivity contribution in [3.63, 3.8) is 0 Å². The second-order valence-electron chi connectivity index (χ2n) is 8.92. The maximum absolute atomic E-state index is 12.9. The van der Waals surface area contributed by atoms with Gasteiger partial charge in [-0.2, -0.15) is 0 Å². The third kappa shape index (κ3) is 3.84. The first-order chi connectivity index (χ1) is 14.8. The fourth-order valence-electron chi connectivity index (χ4n) is 4.20. The number of hydrogen-bond acceptors (Lipinski definition) is 2. The molecule has 5 rings (SSSR count). The fraction of sp³-hybridized carbons (Fsp3) is 0.200.